The summed E-state index contributed by atoms with van der Waals surface area (Å²) in [4.78, 5) is 23.4. The van der Waals surface area contributed by atoms with Crippen molar-refractivity contribution >= 4 is 12.1 Å². The highest BCUT2D eigenvalue weighted by Gasteiger charge is 2.50. The van der Waals surface area contributed by atoms with Crippen molar-refractivity contribution in [3.63, 3.8) is 0 Å². The van der Waals surface area contributed by atoms with Crippen LogP contribution in [0.4, 0.5) is 13.6 Å². The quantitative estimate of drug-likeness (QED) is 0.826. The van der Waals surface area contributed by atoms with Gasteiger partial charge in [-0.3, -0.25) is 4.90 Å². The molecule has 7 heteroatoms. The fourth-order valence-electron chi connectivity index (χ4n) is 1.77. The molecule has 5 nitrogen and oxygen atoms in total. The van der Waals surface area contributed by atoms with Crippen LogP contribution < -0.4 is 0 Å². The number of aliphatic carboxylic acids is 1. The highest BCUT2D eigenvalue weighted by Crippen LogP contribution is 2.32. The van der Waals surface area contributed by atoms with Crippen LogP contribution in [0, 0.1) is 0 Å². The fourth-order valence-corrected chi connectivity index (χ4v) is 1.77. The molecule has 0 radical (unpaired) electrons. The first-order valence-corrected chi connectivity index (χ1v) is 5.55. The number of amides is 1. The van der Waals surface area contributed by atoms with Gasteiger partial charge in [-0.25, -0.2) is 18.4 Å². The zero-order valence-corrected chi connectivity index (χ0v) is 10.6. The van der Waals surface area contributed by atoms with E-state index in [-0.39, 0.29) is 0 Å². The van der Waals surface area contributed by atoms with Crippen molar-refractivity contribution in [2.75, 3.05) is 13.2 Å². The summed E-state index contributed by atoms with van der Waals surface area (Å²) < 4.78 is 31.3. The van der Waals surface area contributed by atoms with E-state index >= 15 is 0 Å². The highest BCUT2D eigenvalue weighted by molar-refractivity contribution is 5.81. The minimum absolute atomic E-state index is 0.557. The molecule has 18 heavy (non-hydrogen) atoms. The van der Waals surface area contributed by atoms with Gasteiger partial charge in [0.05, 0.1) is 6.54 Å². The number of carboxylic acid groups (broad SMARTS) is 1. The molecular weight excluding hydrogens is 248 g/mol. The van der Waals surface area contributed by atoms with Gasteiger partial charge in [-0.2, -0.15) is 0 Å². The number of alkyl halides is 2. The Hall–Kier alpha value is -1.40. The summed E-state index contributed by atoms with van der Waals surface area (Å²) in [5.74, 6) is -1.37. The van der Waals surface area contributed by atoms with E-state index in [2.05, 4.69) is 0 Å². The largest absolute Gasteiger partial charge is 0.480 e. The van der Waals surface area contributed by atoms with Gasteiger partial charge in [0, 0.05) is 6.42 Å². The van der Waals surface area contributed by atoms with Gasteiger partial charge in [0.2, 0.25) is 0 Å². The molecule has 0 aromatic heterocycles. The molecule has 0 aliphatic carbocycles. The van der Waals surface area contributed by atoms with Gasteiger partial charge in [0.25, 0.3) is 0 Å². The van der Waals surface area contributed by atoms with Gasteiger partial charge in [0.1, 0.15) is 18.3 Å². The summed E-state index contributed by atoms with van der Waals surface area (Å²) in [7, 11) is 0. The summed E-state index contributed by atoms with van der Waals surface area (Å²) in [5.41, 5.74) is -3.13. The maximum atomic E-state index is 13.8. The number of hydrogen-bond donors (Lipinski definition) is 1. The first-order valence-electron chi connectivity index (χ1n) is 5.55. The number of rotatable bonds is 2. The van der Waals surface area contributed by atoms with Gasteiger partial charge in [-0.1, -0.05) is 0 Å². The Labute approximate surface area is 104 Å². The normalized spacial score (nSPS) is 28.3. The Morgan fingerprint density at radius 1 is 1.50 bits per heavy atom. The molecule has 0 spiro atoms. The lowest BCUT2D eigenvalue weighted by Gasteiger charge is -2.26. The molecule has 1 heterocycles. The third-order valence-electron chi connectivity index (χ3n) is 2.54. The van der Waals surface area contributed by atoms with Crippen molar-refractivity contribution < 1.29 is 28.2 Å². The molecule has 1 amide bonds. The number of carbonyl (C=O) groups is 2. The fraction of sp³-hybridized carbons (Fsp3) is 0.818. The lowest BCUT2D eigenvalue weighted by Crippen LogP contribution is -2.43. The first-order chi connectivity index (χ1) is 8.08. The predicted octanol–water partition coefficient (Wildman–Crippen LogP) is 1.76. The molecule has 0 saturated carbocycles. The number of carbonyl (C=O) groups excluding carboxylic acids is 1. The summed E-state index contributed by atoms with van der Waals surface area (Å²) >= 11 is 0. The summed E-state index contributed by atoms with van der Waals surface area (Å²) in [6, 6.07) is -1.39. The van der Waals surface area contributed by atoms with Crippen molar-refractivity contribution in [1.29, 1.82) is 0 Å². The second-order valence-electron chi connectivity index (χ2n) is 5.45. The molecule has 1 N–H and O–H groups in total. The molecule has 104 valence electrons. The number of halogens is 2. The van der Waals surface area contributed by atoms with Gasteiger partial charge < -0.3 is 9.84 Å². The standard InChI is InChI=1S/C11H17F2NO4/c1-10(2,3)18-9(17)14-6-11(13,5-12)4-7(14)8(15)16/h7H,4-6H2,1-3H3,(H,15,16)/t7-,11?/m0/s1. The molecule has 1 saturated heterocycles. The molecule has 2 atom stereocenters. The number of ether oxygens (including phenoxy) is 1. The van der Waals surface area contributed by atoms with E-state index in [9.17, 15) is 18.4 Å². The average Bonchev–Trinajstić information content (AvgIpc) is 2.55. The van der Waals surface area contributed by atoms with E-state index < -0.39 is 49.0 Å². The molecule has 1 fully saturated rings. The van der Waals surface area contributed by atoms with Crippen LogP contribution in [0.2, 0.25) is 0 Å². The molecule has 0 aromatic carbocycles. The van der Waals surface area contributed by atoms with E-state index in [1.807, 2.05) is 0 Å². The van der Waals surface area contributed by atoms with Gasteiger partial charge in [-0.05, 0) is 20.8 Å². The predicted molar refractivity (Wildman–Crippen MR) is 58.8 cm³/mol. The summed E-state index contributed by atoms with van der Waals surface area (Å²) in [6.45, 7) is 2.89. The second kappa shape index (κ2) is 4.70. The maximum Gasteiger partial charge on any atom is 0.411 e. The average molecular weight is 265 g/mol. The number of likely N-dealkylation sites (tertiary alicyclic amines) is 1. The van der Waals surface area contributed by atoms with E-state index in [1.54, 1.807) is 20.8 Å². The SMILES string of the molecule is CC(C)(C)OC(=O)N1CC(F)(CF)C[C@H]1C(=O)O. The Morgan fingerprint density at radius 2 is 2.06 bits per heavy atom. The van der Waals surface area contributed by atoms with Crippen LogP contribution in [0.1, 0.15) is 27.2 Å². The van der Waals surface area contributed by atoms with E-state index in [4.69, 9.17) is 9.84 Å². The third kappa shape index (κ3) is 3.30. The lowest BCUT2D eigenvalue weighted by atomic mass is 10.0. The Bertz CT molecular complexity index is 355. The molecule has 0 bridgehead atoms. The Balaban J connectivity index is 2.85. The minimum Gasteiger partial charge on any atom is -0.480 e. The smallest absolute Gasteiger partial charge is 0.411 e. The van der Waals surface area contributed by atoms with Crippen LogP contribution in [0.25, 0.3) is 0 Å². The van der Waals surface area contributed by atoms with E-state index in [1.165, 1.54) is 0 Å². The number of hydrogen-bond acceptors (Lipinski definition) is 3. The van der Waals surface area contributed by atoms with Crippen LogP contribution in [0.5, 0.6) is 0 Å². The molecule has 1 rings (SSSR count). The van der Waals surface area contributed by atoms with Crippen LogP contribution in [0.3, 0.4) is 0 Å². The minimum atomic E-state index is -2.31. The monoisotopic (exact) mass is 265 g/mol. The molecule has 0 aromatic rings. The van der Waals surface area contributed by atoms with Crippen molar-refractivity contribution in [2.24, 2.45) is 0 Å². The Kier molecular flexibility index (Phi) is 3.83. The molecule has 1 aliphatic rings. The topological polar surface area (TPSA) is 66.8 Å². The number of carboxylic acids is 1. The Morgan fingerprint density at radius 3 is 2.44 bits per heavy atom. The zero-order valence-electron chi connectivity index (χ0n) is 10.6. The van der Waals surface area contributed by atoms with Crippen molar-refractivity contribution in [3.8, 4) is 0 Å². The highest BCUT2D eigenvalue weighted by atomic mass is 19.2. The second-order valence-corrected chi connectivity index (χ2v) is 5.45. The van der Waals surface area contributed by atoms with E-state index in [0.717, 1.165) is 4.90 Å². The van der Waals surface area contributed by atoms with Crippen molar-refractivity contribution in [1.82, 2.24) is 4.90 Å². The van der Waals surface area contributed by atoms with Gasteiger partial charge in [0.15, 0.2) is 5.67 Å². The first kappa shape index (κ1) is 14.7. The summed E-state index contributed by atoms with van der Waals surface area (Å²) in [5, 5.41) is 8.92. The third-order valence-corrected chi connectivity index (χ3v) is 2.54. The summed E-state index contributed by atoms with van der Waals surface area (Å²) in [6.07, 6.45) is -1.50. The lowest BCUT2D eigenvalue weighted by molar-refractivity contribution is -0.142. The van der Waals surface area contributed by atoms with E-state index in [0.29, 0.717) is 0 Å². The van der Waals surface area contributed by atoms with Gasteiger partial charge in [-0.15, -0.1) is 0 Å². The maximum absolute atomic E-state index is 13.8. The van der Waals surface area contributed by atoms with Crippen molar-refractivity contribution in [3.05, 3.63) is 0 Å². The molecule has 1 aliphatic heterocycles. The van der Waals surface area contributed by atoms with Crippen LogP contribution in [0.15, 0.2) is 0 Å². The molecule has 1 unspecified atom stereocenters. The number of nitrogens with zero attached hydrogens (tertiary/aromatic N) is 1. The molecular formula is C11H17F2NO4. The van der Waals surface area contributed by atoms with Crippen LogP contribution in [-0.2, 0) is 9.53 Å². The van der Waals surface area contributed by atoms with Crippen LogP contribution >= 0.6 is 0 Å². The van der Waals surface area contributed by atoms with Crippen LogP contribution in [-0.4, -0.2) is 52.6 Å². The zero-order chi connectivity index (χ0) is 14.1. The van der Waals surface area contributed by atoms with Crippen molar-refractivity contribution in [2.45, 2.75) is 44.5 Å². The van der Waals surface area contributed by atoms with Gasteiger partial charge >= 0.3 is 12.1 Å².